The lowest BCUT2D eigenvalue weighted by Crippen LogP contribution is -2.14. The van der Waals surface area contributed by atoms with Crippen LogP contribution in [0.1, 0.15) is 20.3 Å². The van der Waals surface area contributed by atoms with E-state index in [-0.39, 0.29) is 5.91 Å². The number of hydrogen-bond donors (Lipinski definition) is 1. The van der Waals surface area contributed by atoms with Gasteiger partial charge in [0, 0.05) is 17.0 Å². The average molecular weight is 286 g/mol. The Balaban J connectivity index is 2.75. The van der Waals surface area contributed by atoms with Crippen molar-refractivity contribution in [3.05, 3.63) is 22.7 Å². The van der Waals surface area contributed by atoms with E-state index in [0.29, 0.717) is 12.3 Å². The highest BCUT2D eigenvalue weighted by Crippen LogP contribution is 2.27. The van der Waals surface area contributed by atoms with Gasteiger partial charge < -0.3 is 10.1 Å². The van der Waals surface area contributed by atoms with Crippen LogP contribution < -0.4 is 10.1 Å². The fourth-order valence-electron chi connectivity index (χ4n) is 1.30. The molecule has 0 fully saturated rings. The van der Waals surface area contributed by atoms with E-state index >= 15 is 0 Å². The SMILES string of the molecule is COc1ccc(Br)c(NC(=O)CC(C)C)c1. The molecule has 0 saturated carbocycles. The summed E-state index contributed by atoms with van der Waals surface area (Å²) in [5.74, 6) is 1.09. The van der Waals surface area contributed by atoms with Crippen molar-refractivity contribution in [2.24, 2.45) is 5.92 Å². The zero-order chi connectivity index (χ0) is 12.1. The fourth-order valence-corrected chi connectivity index (χ4v) is 1.64. The van der Waals surface area contributed by atoms with Crippen molar-refractivity contribution in [3.8, 4) is 5.75 Å². The molecule has 16 heavy (non-hydrogen) atoms. The maximum absolute atomic E-state index is 11.6. The zero-order valence-electron chi connectivity index (χ0n) is 9.71. The molecular formula is C12H16BrNO2. The fraction of sp³-hybridized carbons (Fsp3) is 0.417. The highest BCUT2D eigenvalue weighted by Gasteiger charge is 2.08. The van der Waals surface area contributed by atoms with Crippen LogP contribution in [0, 0.1) is 5.92 Å². The van der Waals surface area contributed by atoms with Crippen LogP contribution in [-0.2, 0) is 4.79 Å². The van der Waals surface area contributed by atoms with E-state index in [9.17, 15) is 4.79 Å². The molecule has 0 atom stereocenters. The summed E-state index contributed by atoms with van der Waals surface area (Å²) >= 11 is 3.38. The van der Waals surface area contributed by atoms with Gasteiger partial charge in [-0.15, -0.1) is 0 Å². The van der Waals surface area contributed by atoms with Gasteiger partial charge in [-0.2, -0.15) is 0 Å². The molecule has 1 N–H and O–H groups in total. The van der Waals surface area contributed by atoms with Gasteiger partial charge in [0.2, 0.25) is 5.91 Å². The Labute approximate surface area is 104 Å². The van der Waals surface area contributed by atoms with Crippen molar-refractivity contribution < 1.29 is 9.53 Å². The molecule has 3 nitrogen and oxygen atoms in total. The van der Waals surface area contributed by atoms with Crippen LogP contribution in [0.3, 0.4) is 0 Å². The first kappa shape index (κ1) is 13.0. The predicted molar refractivity (Wildman–Crippen MR) is 68.8 cm³/mol. The second kappa shape index (κ2) is 5.89. The molecule has 0 aliphatic heterocycles. The molecule has 1 aromatic rings. The van der Waals surface area contributed by atoms with Crippen LogP contribution in [-0.4, -0.2) is 13.0 Å². The van der Waals surface area contributed by atoms with Crippen LogP contribution >= 0.6 is 15.9 Å². The van der Waals surface area contributed by atoms with Crippen LogP contribution in [0.5, 0.6) is 5.75 Å². The van der Waals surface area contributed by atoms with Gasteiger partial charge >= 0.3 is 0 Å². The number of benzene rings is 1. The zero-order valence-corrected chi connectivity index (χ0v) is 11.3. The Kier molecular flexibility index (Phi) is 4.80. The normalized spacial score (nSPS) is 10.3. The number of methoxy groups -OCH3 is 1. The van der Waals surface area contributed by atoms with Gasteiger partial charge in [-0.05, 0) is 34.0 Å². The molecule has 0 saturated heterocycles. The van der Waals surface area contributed by atoms with E-state index in [1.807, 2.05) is 26.0 Å². The molecule has 1 aromatic carbocycles. The third-order valence-electron chi connectivity index (χ3n) is 2.04. The summed E-state index contributed by atoms with van der Waals surface area (Å²) in [4.78, 5) is 11.6. The van der Waals surface area contributed by atoms with Crippen LogP contribution in [0.4, 0.5) is 5.69 Å². The first-order valence-electron chi connectivity index (χ1n) is 5.16. The molecule has 0 radical (unpaired) electrons. The van der Waals surface area contributed by atoms with Gasteiger partial charge in [-0.25, -0.2) is 0 Å². The number of carbonyl (C=O) groups is 1. The minimum atomic E-state index is 0.0175. The lowest BCUT2D eigenvalue weighted by Gasteiger charge is -2.10. The Morgan fingerprint density at radius 2 is 2.19 bits per heavy atom. The summed E-state index contributed by atoms with van der Waals surface area (Å²) in [6, 6.07) is 5.48. The molecule has 0 aromatic heterocycles. The van der Waals surface area contributed by atoms with E-state index in [1.54, 1.807) is 13.2 Å². The highest BCUT2D eigenvalue weighted by atomic mass is 79.9. The standard InChI is InChI=1S/C12H16BrNO2/c1-8(2)6-12(15)14-11-7-9(16-3)4-5-10(11)13/h4-5,7-8H,6H2,1-3H3,(H,14,15). The van der Waals surface area contributed by atoms with Crippen LogP contribution in [0.25, 0.3) is 0 Å². The topological polar surface area (TPSA) is 38.3 Å². The number of carbonyl (C=O) groups excluding carboxylic acids is 1. The Bertz CT molecular complexity index is 377. The summed E-state index contributed by atoms with van der Waals surface area (Å²) in [6.45, 7) is 4.03. The quantitative estimate of drug-likeness (QED) is 0.920. The molecule has 1 rings (SSSR count). The lowest BCUT2D eigenvalue weighted by atomic mass is 10.1. The number of ether oxygens (including phenoxy) is 1. The first-order valence-corrected chi connectivity index (χ1v) is 5.95. The number of anilines is 1. The first-order chi connectivity index (χ1) is 7.52. The van der Waals surface area contributed by atoms with Gasteiger partial charge in [0.05, 0.1) is 12.8 Å². The van der Waals surface area contributed by atoms with E-state index in [1.165, 1.54) is 0 Å². The average Bonchev–Trinajstić information content (AvgIpc) is 2.20. The minimum absolute atomic E-state index is 0.0175. The van der Waals surface area contributed by atoms with Gasteiger partial charge in [-0.1, -0.05) is 13.8 Å². The molecule has 0 aliphatic rings. The maximum Gasteiger partial charge on any atom is 0.224 e. The number of halogens is 1. The molecule has 0 bridgehead atoms. The molecule has 0 spiro atoms. The second-order valence-electron chi connectivity index (χ2n) is 3.99. The highest BCUT2D eigenvalue weighted by molar-refractivity contribution is 9.10. The second-order valence-corrected chi connectivity index (χ2v) is 4.85. The number of rotatable bonds is 4. The van der Waals surface area contributed by atoms with Crippen LogP contribution in [0.15, 0.2) is 22.7 Å². The van der Waals surface area contributed by atoms with Crippen molar-refractivity contribution in [2.45, 2.75) is 20.3 Å². The molecule has 88 valence electrons. The van der Waals surface area contributed by atoms with E-state index in [4.69, 9.17) is 4.74 Å². The minimum Gasteiger partial charge on any atom is -0.497 e. The van der Waals surface area contributed by atoms with Crippen LogP contribution in [0.2, 0.25) is 0 Å². The summed E-state index contributed by atoms with van der Waals surface area (Å²) in [6.07, 6.45) is 0.518. The molecule has 0 unspecified atom stereocenters. The molecule has 4 heteroatoms. The molecule has 1 amide bonds. The lowest BCUT2D eigenvalue weighted by molar-refractivity contribution is -0.116. The Morgan fingerprint density at radius 1 is 1.50 bits per heavy atom. The summed E-state index contributed by atoms with van der Waals surface area (Å²) in [7, 11) is 1.60. The third-order valence-corrected chi connectivity index (χ3v) is 2.73. The summed E-state index contributed by atoms with van der Waals surface area (Å²) in [5, 5.41) is 2.85. The van der Waals surface area contributed by atoms with Gasteiger partial charge in [0.1, 0.15) is 5.75 Å². The van der Waals surface area contributed by atoms with E-state index in [2.05, 4.69) is 21.2 Å². The molecular weight excluding hydrogens is 270 g/mol. The van der Waals surface area contributed by atoms with Crippen molar-refractivity contribution in [1.82, 2.24) is 0 Å². The van der Waals surface area contributed by atoms with Crippen molar-refractivity contribution in [1.29, 1.82) is 0 Å². The molecule has 0 heterocycles. The van der Waals surface area contributed by atoms with E-state index < -0.39 is 0 Å². The predicted octanol–water partition coefficient (Wildman–Crippen LogP) is 3.44. The van der Waals surface area contributed by atoms with Gasteiger partial charge in [0.25, 0.3) is 0 Å². The third kappa shape index (κ3) is 3.85. The van der Waals surface area contributed by atoms with Crippen molar-refractivity contribution in [3.63, 3.8) is 0 Å². The Hall–Kier alpha value is -1.03. The van der Waals surface area contributed by atoms with Crippen molar-refractivity contribution >= 4 is 27.5 Å². The smallest absolute Gasteiger partial charge is 0.224 e. The Morgan fingerprint density at radius 3 is 2.75 bits per heavy atom. The number of hydrogen-bond acceptors (Lipinski definition) is 2. The van der Waals surface area contributed by atoms with Crippen molar-refractivity contribution in [2.75, 3.05) is 12.4 Å². The monoisotopic (exact) mass is 285 g/mol. The molecule has 0 aliphatic carbocycles. The van der Waals surface area contributed by atoms with Gasteiger partial charge in [0.15, 0.2) is 0 Å². The number of nitrogens with one attached hydrogen (secondary N) is 1. The summed E-state index contributed by atoms with van der Waals surface area (Å²) in [5.41, 5.74) is 0.741. The number of amides is 1. The summed E-state index contributed by atoms with van der Waals surface area (Å²) < 4.78 is 5.95. The van der Waals surface area contributed by atoms with E-state index in [0.717, 1.165) is 15.9 Å². The maximum atomic E-state index is 11.6. The largest absolute Gasteiger partial charge is 0.497 e. The van der Waals surface area contributed by atoms with Gasteiger partial charge in [-0.3, -0.25) is 4.79 Å².